The molecule has 6 nitrogen and oxygen atoms in total. The summed E-state index contributed by atoms with van der Waals surface area (Å²) in [6.45, 7) is 1.78. The standard InChI is InChI=1S/C15H19N3O3/c1-2-11(16)14(19)18-13(15(20)21)7-9-8-17-12-6-4-3-5-10(9)12/h3-6,8,11,13,17H,2,7,16H2,1H3,(H,18,19)(H,20,21)/t11-,13?/m0/s1. The van der Waals surface area contributed by atoms with Crippen LogP contribution in [0.3, 0.4) is 0 Å². The van der Waals surface area contributed by atoms with Crippen LogP contribution in [0.15, 0.2) is 30.5 Å². The fourth-order valence-electron chi connectivity index (χ4n) is 2.18. The summed E-state index contributed by atoms with van der Waals surface area (Å²) in [6, 6.07) is 5.95. The van der Waals surface area contributed by atoms with Crippen LogP contribution in [0.5, 0.6) is 0 Å². The molecule has 0 aliphatic rings. The number of hydrogen-bond donors (Lipinski definition) is 4. The van der Waals surface area contributed by atoms with Gasteiger partial charge in [0.15, 0.2) is 0 Å². The molecule has 2 rings (SSSR count). The molecule has 0 aliphatic heterocycles. The summed E-state index contributed by atoms with van der Waals surface area (Å²) < 4.78 is 0. The van der Waals surface area contributed by atoms with E-state index in [0.717, 1.165) is 16.5 Å². The van der Waals surface area contributed by atoms with Gasteiger partial charge < -0.3 is 21.1 Å². The summed E-state index contributed by atoms with van der Waals surface area (Å²) in [5.41, 5.74) is 7.41. The Balaban J connectivity index is 2.17. The minimum absolute atomic E-state index is 0.210. The van der Waals surface area contributed by atoms with Crippen LogP contribution in [0, 0.1) is 0 Å². The van der Waals surface area contributed by atoms with Crippen molar-refractivity contribution < 1.29 is 14.7 Å². The first-order valence-electron chi connectivity index (χ1n) is 6.86. The van der Waals surface area contributed by atoms with Crippen molar-refractivity contribution in [2.45, 2.75) is 31.8 Å². The number of carbonyl (C=O) groups excluding carboxylic acids is 1. The molecule has 0 saturated carbocycles. The molecule has 0 bridgehead atoms. The highest BCUT2D eigenvalue weighted by Crippen LogP contribution is 2.19. The number of carboxylic acid groups (broad SMARTS) is 1. The third-order valence-electron chi connectivity index (χ3n) is 3.49. The van der Waals surface area contributed by atoms with Crippen LogP contribution in [-0.2, 0) is 16.0 Å². The van der Waals surface area contributed by atoms with E-state index in [4.69, 9.17) is 5.73 Å². The average molecular weight is 289 g/mol. The number of carboxylic acids is 1. The smallest absolute Gasteiger partial charge is 0.326 e. The van der Waals surface area contributed by atoms with Crippen LogP contribution < -0.4 is 11.1 Å². The first kappa shape index (κ1) is 15.1. The second kappa shape index (κ2) is 6.41. The molecule has 6 heteroatoms. The minimum atomic E-state index is -1.07. The normalized spacial score (nSPS) is 13.8. The van der Waals surface area contributed by atoms with Gasteiger partial charge >= 0.3 is 5.97 Å². The fourth-order valence-corrected chi connectivity index (χ4v) is 2.18. The van der Waals surface area contributed by atoms with Crippen LogP contribution in [0.4, 0.5) is 0 Å². The van der Waals surface area contributed by atoms with Gasteiger partial charge in [0, 0.05) is 23.5 Å². The van der Waals surface area contributed by atoms with Gasteiger partial charge in [-0.3, -0.25) is 4.79 Å². The molecule has 0 spiro atoms. The van der Waals surface area contributed by atoms with E-state index in [0.29, 0.717) is 6.42 Å². The Kier molecular flexibility index (Phi) is 4.59. The lowest BCUT2D eigenvalue weighted by atomic mass is 10.0. The van der Waals surface area contributed by atoms with Gasteiger partial charge in [-0.25, -0.2) is 4.79 Å². The number of amides is 1. The van der Waals surface area contributed by atoms with Gasteiger partial charge in [0.25, 0.3) is 0 Å². The number of aromatic amines is 1. The number of nitrogens with two attached hydrogens (primary N) is 1. The molecule has 1 aromatic carbocycles. The lowest BCUT2D eigenvalue weighted by molar-refractivity contribution is -0.142. The van der Waals surface area contributed by atoms with Gasteiger partial charge in [0.2, 0.25) is 5.91 Å². The van der Waals surface area contributed by atoms with E-state index in [1.165, 1.54) is 0 Å². The first-order chi connectivity index (χ1) is 10.0. The van der Waals surface area contributed by atoms with E-state index in [1.54, 1.807) is 13.1 Å². The molecule has 1 aromatic heterocycles. The molecule has 1 heterocycles. The first-order valence-corrected chi connectivity index (χ1v) is 6.86. The highest BCUT2D eigenvalue weighted by atomic mass is 16.4. The highest BCUT2D eigenvalue weighted by Gasteiger charge is 2.23. The Morgan fingerprint density at radius 2 is 2.10 bits per heavy atom. The summed E-state index contributed by atoms with van der Waals surface area (Å²) in [6.07, 6.45) is 2.44. The number of rotatable bonds is 6. The Morgan fingerprint density at radius 1 is 1.38 bits per heavy atom. The van der Waals surface area contributed by atoms with Gasteiger partial charge in [-0.1, -0.05) is 25.1 Å². The molecule has 5 N–H and O–H groups in total. The van der Waals surface area contributed by atoms with Crippen molar-refractivity contribution in [2.24, 2.45) is 5.73 Å². The van der Waals surface area contributed by atoms with Crippen molar-refractivity contribution in [3.8, 4) is 0 Å². The predicted octanol–water partition coefficient (Wildman–Crippen LogP) is 1.02. The quantitative estimate of drug-likeness (QED) is 0.636. The fraction of sp³-hybridized carbons (Fsp3) is 0.333. The van der Waals surface area contributed by atoms with Gasteiger partial charge in [-0.15, -0.1) is 0 Å². The number of aromatic nitrogens is 1. The Hall–Kier alpha value is -2.34. The molecule has 0 fully saturated rings. The van der Waals surface area contributed by atoms with Crippen LogP contribution in [-0.4, -0.2) is 34.1 Å². The number of carbonyl (C=O) groups is 2. The summed E-state index contributed by atoms with van der Waals surface area (Å²) >= 11 is 0. The molecule has 0 aliphatic carbocycles. The molecule has 21 heavy (non-hydrogen) atoms. The van der Waals surface area contributed by atoms with E-state index in [1.807, 2.05) is 24.3 Å². The maximum absolute atomic E-state index is 11.8. The highest BCUT2D eigenvalue weighted by molar-refractivity contribution is 5.88. The number of nitrogens with one attached hydrogen (secondary N) is 2. The van der Waals surface area contributed by atoms with Crippen LogP contribution in [0.2, 0.25) is 0 Å². The van der Waals surface area contributed by atoms with E-state index in [-0.39, 0.29) is 6.42 Å². The number of aliphatic carboxylic acids is 1. The summed E-state index contributed by atoms with van der Waals surface area (Å²) in [7, 11) is 0. The van der Waals surface area contributed by atoms with Crippen molar-refractivity contribution in [1.82, 2.24) is 10.3 Å². The van der Waals surface area contributed by atoms with Gasteiger partial charge in [0.1, 0.15) is 6.04 Å². The minimum Gasteiger partial charge on any atom is -0.480 e. The summed E-state index contributed by atoms with van der Waals surface area (Å²) in [5, 5.41) is 12.7. The predicted molar refractivity (Wildman–Crippen MR) is 79.8 cm³/mol. The van der Waals surface area contributed by atoms with E-state index in [9.17, 15) is 14.7 Å². The molecule has 2 atom stereocenters. The van der Waals surface area contributed by atoms with Gasteiger partial charge in [-0.2, -0.15) is 0 Å². The summed E-state index contributed by atoms with van der Waals surface area (Å²) in [4.78, 5) is 26.2. The molecule has 112 valence electrons. The molecule has 0 saturated heterocycles. The third-order valence-corrected chi connectivity index (χ3v) is 3.49. The maximum atomic E-state index is 11.8. The number of H-pyrrole nitrogens is 1. The average Bonchev–Trinajstić information content (AvgIpc) is 2.88. The molecular formula is C15H19N3O3. The van der Waals surface area contributed by atoms with E-state index in [2.05, 4.69) is 10.3 Å². The molecule has 0 radical (unpaired) electrons. The van der Waals surface area contributed by atoms with Crippen molar-refractivity contribution in [2.75, 3.05) is 0 Å². The Labute approximate surface area is 122 Å². The zero-order chi connectivity index (χ0) is 15.4. The van der Waals surface area contributed by atoms with Crippen LogP contribution >= 0.6 is 0 Å². The largest absolute Gasteiger partial charge is 0.480 e. The van der Waals surface area contributed by atoms with Crippen molar-refractivity contribution >= 4 is 22.8 Å². The lowest BCUT2D eigenvalue weighted by Crippen LogP contribution is -2.49. The number of fused-ring (bicyclic) bond motifs is 1. The second-order valence-electron chi connectivity index (χ2n) is 4.98. The van der Waals surface area contributed by atoms with Crippen molar-refractivity contribution in [3.05, 3.63) is 36.0 Å². The van der Waals surface area contributed by atoms with Crippen molar-refractivity contribution in [3.63, 3.8) is 0 Å². The SMILES string of the molecule is CC[C@H](N)C(=O)NC(Cc1c[nH]c2ccccc12)C(=O)O. The van der Waals surface area contributed by atoms with Crippen LogP contribution in [0.25, 0.3) is 10.9 Å². The second-order valence-corrected chi connectivity index (χ2v) is 4.98. The maximum Gasteiger partial charge on any atom is 0.326 e. The number of hydrogen-bond acceptors (Lipinski definition) is 3. The third kappa shape index (κ3) is 3.41. The molecular weight excluding hydrogens is 270 g/mol. The van der Waals surface area contributed by atoms with E-state index < -0.39 is 24.0 Å². The zero-order valence-corrected chi connectivity index (χ0v) is 11.8. The van der Waals surface area contributed by atoms with Crippen molar-refractivity contribution in [1.29, 1.82) is 0 Å². The van der Waals surface area contributed by atoms with Gasteiger partial charge in [-0.05, 0) is 18.1 Å². The molecule has 1 amide bonds. The molecule has 1 unspecified atom stereocenters. The number of benzene rings is 1. The Bertz CT molecular complexity index is 650. The lowest BCUT2D eigenvalue weighted by Gasteiger charge is -2.16. The van der Waals surface area contributed by atoms with Gasteiger partial charge in [0.05, 0.1) is 6.04 Å². The summed E-state index contributed by atoms with van der Waals surface area (Å²) in [5.74, 6) is -1.51. The zero-order valence-electron chi connectivity index (χ0n) is 11.8. The number of para-hydroxylation sites is 1. The topological polar surface area (TPSA) is 108 Å². The molecule has 2 aromatic rings. The van der Waals surface area contributed by atoms with E-state index >= 15 is 0 Å². The van der Waals surface area contributed by atoms with Crippen LogP contribution in [0.1, 0.15) is 18.9 Å². The monoisotopic (exact) mass is 289 g/mol. The Morgan fingerprint density at radius 3 is 2.76 bits per heavy atom.